The van der Waals surface area contributed by atoms with Gasteiger partial charge in [-0.3, -0.25) is 4.79 Å². The van der Waals surface area contributed by atoms with Crippen LogP contribution in [0.5, 0.6) is 0 Å². The summed E-state index contributed by atoms with van der Waals surface area (Å²) in [5.41, 5.74) is 4.43. The molecular weight excluding hydrogens is 276 g/mol. The molecule has 0 atom stereocenters. The van der Waals surface area contributed by atoms with Crippen molar-refractivity contribution in [1.82, 2.24) is 5.32 Å². The molecule has 4 nitrogen and oxygen atoms in total. The zero-order valence-electron chi connectivity index (χ0n) is 13.1. The Morgan fingerprint density at radius 2 is 1.68 bits per heavy atom. The van der Waals surface area contributed by atoms with Crippen molar-refractivity contribution in [3.63, 3.8) is 0 Å². The van der Waals surface area contributed by atoms with Crippen LogP contribution in [0.4, 0.5) is 5.69 Å². The quantitative estimate of drug-likeness (QED) is 0.826. The first-order chi connectivity index (χ1) is 10.7. The van der Waals surface area contributed by atoms with Gasteiger partial charge >= 0.3 is 0 Å². The van der Waals surface area contributed by atoms with Crippen LogP contribution in [-0.2, 0) is 29.2 Å². The van der Waals surface area contributed by atoms with Gasteiger partial charge in [0.2, 0.25) is 5.91 Å². The molecule has 0 spiro atoms. The minimum atomic E-state index is -0.0539. The second-order valence-electron chi connectivity index (χ2n) is 5.23. The van der Waals surface area contributed by atoms with Gasteiger partial charge in [0.1, 0.15) is 0 Å². The average molecular weight is 298 g/mol. The average Bonchev–Trinajstić information content (AvgIpc) is 2.49. The number of amides is 1. The second-order valence-corrected chi connectivity index (χ2v) is 5.23. The van der Waals surface area contributed by atoms with Crippen molar-refractivity contribution in [1.29, 1.82) is 0 Å². The van der Waals surface area contributed by atoms with Crippen LogP contribution in [0.1, 0.15) is 23.6 Å². The highest BCUT2D eigenvalue weighted by atomic mass is 16.5. The van der Waals surface area contributed by atoms with Gasteiger partial charge in [-0.05, 0) is 28.8 Å². The molecule has 116 valence electrons. The first-order valence-corrected chi connectivity index (χ1v) is 7.31. The van der Waals surface area contributed by atoms with E-state index in [1.165, 1.54) is 23.6 Å². The van der Waals surface area contributed by atoms with Gasteiger partial charge in [0.15, 0.2) is 0 Å². The van der Waals surface area contributed by atoms with E-state index in [4.69, 9.17) is 4.74 Å². The van der Waals surface area contributed by atoms with Crippen LogP contribution in [0.15, 0.2) is 48.5 Å². The van der Waals surface area contributed by atoms with E-state index < -0.39 is 0 Å². The molecule has 0 bridgehead atoms. The number of carbonyl (C=O) groups excluding carboxylic acids is 1. The lowest BCUT2D eigenvalue weighted by molar-refractivity contribution is -0.114. The van der Waals surface area contributed by atoms with Gasteiger partial charge in [0.25, 0.3) is 0 Å². The minimum absolute atomic E-state index is 0.0539. The van der Waals surface area contributed by atoms with Gasteiger partial charge in [-0.15, -0.1) is 0 Å². The fraction of sp³-hybridized carbons (Fsp3) is 0.278. The largest absolute Gasteiger partial charge is 0.380 e. The SMILES string of the molecule is COCc1cccc(CNCc2ccc(NC(C)=O)cc2)c1. The standard InChI is InChI=1S/C18H22N2O2/c1-14(21)20-18-8-6-15(7-9-18)11-19-12-16-4-3-5-17(10-16)13-22-2/h3-10,19H,11-13H2,1-2H3,(H,20,21). The Labute approximate surface area is 131 Å². The molecule has 2 rings (SSSR count). The van der Waals surface area contributed by atoms with Gasteiger partial charge in [-0.1, -0.05) is 36.4 Å². The summed E-state index contributed by atoms with van der Waals surface area (Å²) < 4.78 is 5.14. The van der Waals surface area contributed by atoms with Crippen molar-refractivity contribution in [2.75, 3.05) is 12.4 Å². The lowest BCUT2D eigenvalue weighted by Crippen LogP contribution is -2.13. The lowest BCUT2D eigenvalue weighted by Gasteiger charge is -2.08. The highest BCUT2D eigenvalue weighted by molar-refractivity contribution is 5.88. The molecule has 0 aliphatic heterocycles. The third-order valence-electron chi connectivity index (χ3n) is 3.23. The van der Waals surface area contributed by atoms with Gasteiger partial charge in [-0.25, -0.2) is 0 Å². The van der Waals surface area contributed by atoms with E-state index >= 15 is 0 Å². The van der Waals surface area contributed by atoms with E-state index in [1.807, 2.05) is 30.3 Å². The summed E-state index contributed by atoms with van der Waals surface area (Å²) in [5, 5.41) is 6.18. The van der Waals surface area contributed by atoms with Gasteiger partial charge in [-0.2, -0.15) is 0 Å². The topological polar surface area (TPSA) is 50.4 Å². The zero-order valence-corrected chi connectivity index (χ0v) is 13.1. The molecule has 0 unspecified atom stereocenters. The number of ether oxygens (including phenoxy) is 1. The summed E-state index contributed by atoms with van der Waals surface area (Å²) in [6, 6.07) is 16.2. The molecule has 0 fully saturated rings. The summed E-state index contributed by atoms with van der Waals surface area (Å²) >= 11 is 0. The summed E-state index contributed by atoms with van der Waals surface area (Å²) in [5.74, 6) is -0.0539. The molecular formula is C18H22N2O2. The van der Waals surface area contributed by atoms with Crippen LogP contribution in [0.3, 0.4) is 0 Å². The first-order valence-electron chi connectivity index (χ1n) is 7.31. The molecule has 22 heavy (non-hydrogen) atoms. The molecule has 0 aromatic heterocycles. The van der Waals surface area contributed by atoms with E-state index in [1.54, 1.807) is 7.11 Å². The molecule has 0 saturated carbocycles. The normalized spacial score (nSPS) is 10.5. The molecule has 2 aromatic carbocycles. The number of hydrogen-bond acceptors (Lipinski definition) is 3. The van der Waals surface area contributed by atoms with E-state index in [0.29, 0.717) is 6.61 Å². The Balaban J connectivity index is 1.83. The Morgan fingerprint density at radius 3 is 2.36 bits per heavy atom. The monoisotopic (exact) mass is 298 g/mol. The number of nitrogens with one attached hydrogen (secondary N) is 2. The van der Waals surface area contributed by atoms with Crippen LogP contribution in [-0.4, -0.2) is 13.0 Å². The zero-order chi connectivity index (χ0) is 15.8. The van der Waals surface area contributed by atoms with Crippen LogP contribution < -0.4 is 10.6 Å². The predicted molar refractivity (Wildman–Crippen MR) is 88.4 cm³/mol. The Hall–Kier alpha value is -2.17. The summed E-state index contributed by atoms with van der Waals surface area (Å²) in [7, 11) is 1.70. The van der Waals surface area contributed by atoms with Crippen molar-refractivity contribution >= 4 is 11.6 Å². The van der Waals surface area contributed by atoms with Crippen LogP contribution in [0, 0.1) is 0 Å². The van der Waals surface area contributed by atoms with E-state index in [9.17, 15) is 4.79 Å². The maximum Gasteiger partial charge on any atom is 0.221 e. The molecule has 0 heterocycles. The van der Waals surface area contributed by atoms with E-state index in [0.717, 1.165) is 18.8 Å². The number of rotatable bonds is 7. The fourth-order valence-electron chi connectivity index (χ4n) is 2.26. The summed E-state index contributed by atoms with van der Waals surface area (Å²) in [6.45, 7) is 3.74. The molecule has 2 N–H and O–H groups in total. The summed E-state index contributed by atoms with van der Waals surface area (Å²) in [4.78, 5) is 11.0. The van der Waals surface area contributed by atoms with Crippen molar-refractivity contribution < 1.29 is 9.53 Å². The Kier molecular flexibility index (Phi) is 6.13. The number of benzene rings is 2. The highest BCUT2D eigenvalue weighted by Gasteiger charge is 1.98. The van der Waals surface area contributed by atoms with Crippen molar-refractivity contribution in [2.24, 2.45) is 0 Å². The Morgan fingerprint density at radius 1 is 1.00 bits per heavy atom. The third kappa shape index (κ3) is 5.31. The predicted octanol–water partition coefficient (Wildman–Crippen LogP) is 3.08. The van der Waals surface area contributed by atoms with Crippen LogP contribution in [0.25, 0.3) is 0 Å². The van der Waals surface area contributed by atoms with Crippen molar-refractivity contribution in [3.05, 3.63) is 65.2 Å². The lowest BCUT2D eigenvalue weighted by atomic mass is 10.1. The second kappa shape index (κ2) is 8.32. The van der Waals surface area contributed by atoms with E-state index in [2.05, 4.69) is 28.8 Å². The van der Waals surface area contributed by atoms with Crippen LogP contribution >= 0.6 is 0 Å². The Bertz CT molecular complexity index is 609. The fourth-order valence-corrected chi connectivity index (χ4v) is 2.26. The summed E-state index contributed by atoms with van der Waals surface area (Å²) in [6.07, 6.45) is 0. The van der Waals surface area contributed by atoms with E-state index in [-0.39, 0.29) is 5.91 Å². The molecule has 0 saturated heterocycles. The maximum absolute atomic E-state index is 11.0. The van der Waals surface area contributed by atoms with Crippen molar-refractivity contribution in [3.8, 4) is 0 Å². The number of methoxy groups -OCH3 is 1. The molecule has 0 aliphatic carbocycles. The molecule has 1 amide bonds. The van der Waals surface area contributed by atoms with Crippen molar-refractivity contribution in [2.45, 2.75) is 26.6 Å². The van der Waals surface area contributed by atoms with Gasteiger partial charge in [0.05, 0.1) is 6.61 Å². The number of hydrogen-bond donors (Lipinski definition) is 2. The molecule has 2 aromatic rings. The molecule has 0 aliphatic rings. The molecule has 0 radical (unpaired) electrons. The van der Waals surface area contributed by atoms with Gasteiger partial charge in [0, 0.05) is 32.8 Å². The number of carbonyl (C=O) groups is 1. The smallest absolute Gasteiger partial charge is 0.221 e. The maximum atomic E-state index is 11.0. The first kappa shape index (κ1) is 16.2. The number of anilines is 1. The highest BCUT2D eigenvalue weighted by Crippen LogP contribution is 2.10. The van der Waals surface area contributed by atoms with Crippen LogP contribution in [0.2, 0.25) is 0 Å². The van der Waals surface area contributed by atoms with Gasteiger partial charge < -0.3 is 15.4 Å². The molecule has 4 heteroatoms. The third-order valence-corrected chi connectivity index (χ3v) is 3.23. The minimum Gasteiger partial charge on any atom is -0.380 e.